The Kier molecular flexibility index (Phi) is 10.2. The molecule has 1 aliphatic rings. The molecule has 0 spiro atoms. The molecule has 1 N–H and O–H groups in total. The minimum Gasteiger partial charge on any atom is -0.493 e. The number of rotatable bonds is 10. The van der Waals surface area contributed by atoms with Crippen molar-refractivity contribution in [2.75, 3.05) is 19.8 Å². The monoisotopic (exact) mass is 565 g/mol. The molecular weight excluding hydrogens is 523 g/mol. The molecule has 9 heteroatoms. The molecule has 0 aliphatic carbocycles. The predicted octanol–water partition coefficient (Wildman–Crippen LogP) is 7.26. The number of alkyl carbamates (subject to hydrolysis) is 1. The van der Waals surface area contributed by atoms with Crippen LogP contribution < -0.4 is 10.1 Å². The number of halogens is 3. The summed E-state index contributed by atoms with van der Waals surface area (Å²) in [5.41, 5.74) is 0.350. The van der Waals surface area contributed by atoms with E-state index in [4.69, 9.17) is 18.9 Å². The molecule has 1 heterocycles. The first-order valence-corrected chi connectivity index (χ1v) is 13.8. The zero-order valence-electron chi connectivity index (χ0n) is 24.4. The molecule has 0 radical (unpaired) electrons. The molecule has 2 aromatic carbocycles. The molecule has 1 fully saturated rings. The van der Waals surface area contributed by atoms with E-state index in [-0.39, 0.29) is 38.4 Å². The van der Waals surface area contributed by atoms with Gasteiger partial charge in [0.1, 0.15) is 11.4 Å². The van der Waals surface area contributed by atoms with Gasteiger partial charge >= 0.3 is 12.3 Å². The SMILES string of the molecule is CCc1cccc(CCCOc2ccc(CCC3(NC(=O)OC(C)(C)C)COC(C)(C)OC3)cc2C(F)(F)F)c1. The van der Waals surface area contributed by atoms with Crippen molar-refractivity contribution in [1.82, 2.24) is 5.32 Å². The van der Waals surface area contributed by atoms with Crippen LogP contribution in [0.5, 0.6) is 5.75 Å². The second-order valence-corrected chi connectivity index (χ2v) is 11.8. The molecule has 3 rings (SSSR count). The topological polar surface area (TPSA) is 66.0 Å². The van der Waals surface area contributed by atoms with Gasteiger partial charge < -0.3 is 24.3 Å². The Morgan fingerprint density at radius 3 is 2.25 bits per heavy atom. The molecule has 40 heavy (non-hydrogen) atoms. The second kappa shape index (κ2) is 12.8. The van der Waals surface area contributed by atoms with E-state index < -0.39 is 34.8 Å². The number of hydrogen-bond donors (Lipinski definition) is 1. The summed E-state index contributed by atoms with van der Waals surface area (Å²) in [5.74, 6) is -1.02. The Labute approximate surface area is 235 Å². The number of nitrogens with one attached hydrogen (secondary N) is 1. The van der Waals surface area contributed by atoms with Crippen LogP contribution in [0.15, 0.2) is 42.5 Å². The van der Waals surface area contributed by atoms with E-state index in [1.165, 1.54) is 11.6 Å². The Hall–Kier alpha value is -2.78. The minimum absolute atomic E-state index is 0.133. The van der Waals surface area contributed by atoms with E-state index >= 15 is 0 Å². The first-order valence-electron chi connectivity index (χ1n) is 13.8. The Balaban J connectivity index is 1.68. The molecule has 0 saturated carbocycles. The van der Waals surface area contributed by atoms with E-state index in [1.807, 2.05) is 12.1 Å². The van der Waals surface area contributed by atoms with Crippen molar-refractivity contribution in [1.29, 1.82) is 0 Å². The third kappa shape index (κ3) is 9.70. The number of carbonyl (C=O) groups excluding carboxylic acids is 1. The van der Waals surface area contributed by atoms with Gasteiger partial charge in [-0.25, -0.2) is 4.79 Å². The van der Waals surface area contributed by atoms with Crippen LogP contribution in [0, 0.1) is 0 Å². The molecule has 0 aromatic heterocycles. The van der Waals surface area contributed by atoms with Gasteiger partial charge in [-0.15, -0.1) is 0 Å². The number of ether oxygens (including phenoxy) is 4. The van der Waals surface area contributed by atoms with Gasteiger partial charge in [0.25, 0.3) is 0 Å². The van der Waals surface area contributed by atoms with Crippen molar-refractivity contribution in [2.24, 2.45) is 0 Å². The van der Waals surface area contributed by atoms with Crippen LogP contribution >= 0.6 is 0 Å². The second-order valence-electron chi connectivity index (χ2n) is 11.8. The Morgan fingerprint density at radius 1 is 0.975 bits per heavy atom. The van der Waals surface area contributed by atoms with Gasteiger partial charge in [0.05, 0.1) is 30.9 Å². The molecule has 0 unspecified atom stereocenters. The summed E-state index contributed by atoms with van der Waals surface area (Å²) in [4.78, 5) is 12.6. The zero-order chi connectivity index (χ0) is 29.6. The average molecular weight is 566 g/mol. The molecule has 1 saturated heterocycles. The summed E-state index contributed by atoms with van der Waals surface area (Å²) in [5, 5.41) is 2.85. The number of hydrogen-bond acceptors (Lipinski definition) is 5. The first kappa shape index (κ1) is 31.7. The highest BCUT2D eigenvalue weighted by Gasteiger charge is 2.42. The number of amides is 1. The lowest BCUT2D eigenvalue weighted by atomic mass is 9.91. The minimum atomic E-state index is -4.58. The molecular formula is C31H42F3NO5. The van der Waals surface area contributed by atoms with Gasteiger partial charge in [0, 0.05) is 0 Å². The summed E-state index contributed by atoms with van der Waals surface area (Å²) in [6.07, 6.45) is -2.42. The molecule has 1 amide bonds. The molecule has 1 aliphatic heterocycles. The zero-order valence-corrected chi connectivity index (χ0v) is 24.4. The van der Waals surface area contributed by atoms with Gasteiger partial charge in [0.15, 0.2) is 5.79 Å². The van der Waals surface area contributed by atoms with E-state index in [1.54, 1.807) is 40.7 Å². The van der Waals surface area contributed by atoms with Crippen molar-refractivity contribution >= 4 is 6.09 Å². The summed E-state index contributed by atoms with van der Waals surface area (Å²) < 4.78 is 64.6. The summed E-state index contributed by atoms with van der Waals surface area (Å²) in [6, 6.07) is 12.3. The maximum absolute atomic E-state index is 14.0. The van der Waals surface area contributed by atoms with Gasteiger partial charge in [-0.1, -0.05) is 37.3 Å². The third-order valence-corrected chi connectivity index (χ3v) is 6.67. The van der Waals surface area contributed by atoms with Crippen molar-refractivity contribution in [2.45, 2.75) is 96.7 Å². The van der Waals surface area contributed by atoms with Crippen LogP contribution in [-0.2, 0) is 39.6 Å². The number of alkyl halides is 3. The van der Waals surface area contributed by atoms with Gasteiger partial charge in [-0.2, -0.15) is 13.2 Å². The van der Waals surface area contributed by atoms with E-state index in [9.17, 15) is 18.0 Å². The lowest BCUT2D eigenvalue weighted by Gasteiger charge is -2.44. The summed E-state index contributed by atoms with van der Waals surface area (Å²) in [6.45, 7) is 11.3. The van der Waals surface area contributed by atoms with Crippen molar-refractivity contribution in [3.8, 4) is 5.75 Å². The van der Waals surface area contributed by atoms with Crippen LogP contribution in [0.25, 0.3) is 0 Å². The van der Waals surface area contributed by atoms with Crippen LogP contribution in [0.3, 0.4) is 0 Å². The maximum atomic E-state index is 14.0. The number of carbonyl (C=O) groups is 1. The molecule has 2 aromatic rings. The van der Waals surface area contributed by atoms with Crippen molar-refractivity contribution in [3.63, 3.8) is 0 Å². The van der Waals surface area contributed by atoms with Crippen LogP contribution in [0.4, 0.5) is 18.0 Å². The number of aryl methyl sites for hydroxylation is 3. The quantitative estimate of drug-likeness (QED) is 0.307. The molecule has 222 valence electrons. The van der Waals surface area contributed by atoms with E-state index in [0.717, 1.165) is 24.5 Å². The fourth-order valence-corrected chi connectivity index (χ4v) is 4.43. The molecule has 0 atom stereocenters. The highest BCUT2D eigenvalue weighted by molar-refractivity contribution is 5.69. The highest BCUT2D eigenvalue weighted by atomic mass is 19.4. The van der Waals surface area contributed by atoms with Crippen LogP contribution in [-0.4, -0.2) is 42.8 Å². The van der Waals surface area contributed by atoms with Crippen molar-refractivity contribution < 1.29 is 36.9 Å². The van der Waals surface area contributed by atoms with Crippen molar-refractivity contribution in [3.05, 3.63) is 64.7 Å². The van der Waals surface area contributed by atoms with E-state index in [2.05, 4.69) is 24.4 Å². The lowest BCUT2D eigenvalue weighted by Crippen LogP contribution is -2.61. The lowest BCUT2D eigenvalue weighted by molar-refractivity contribution is -0.271. The standard InChI is InChI=1S/C31H42F3NO5/c1-7-22-10-8-11-23(18-22)12-9-17-37-26-14-13-24(19-25(26)31(32,33)34)15-16-30(20-38-29(5,6)39-21-30)35-27(36)40-28(2,3)4/h8,10-11,13-14,18-19H,7,9,12,15-17,20-21H2,1-6H3,(H,35,36). The number of benzene rings is 2. The first-order chi connectivity index (χ1) is 18.6. The summed E-state index contributed by atoms with van der Waals surface area (Å²) >= 11 is 0. The van der Waals surface area contributed by atoms with Gasteiger partial charge in [-0.3, -0.25) is 0 Å². The Morgan fingerprint density at radius 2 is 1.62 bits per heavy atom. The normalized spacial score (nSPS) is 16.8. The molecule has 0 bridgehead atoms. The summed E-state index contributed by atoms with van der Waals surface area (Å²) in [7, 11) is 0. The fourth-order valence-electron chi connectivity index (χ4n) is 4.43. The largest absolute Gasteiger partial charge is 0.493 e. The Bertz CT molecular complexity index is 1130. The third-order valence-electron chi connectivity index (χ3n) is 6.67. The maximum Gasteiger partial charge on any atom is 0.419 e. The smallest absolute Gasteiger partial charge is 0.419 e. The van der Waals surface area contributed by atoms with Gasteiger partial charge in [-0.05, 0) is 95.5 Å². The highest BCUT2D eigenvalue weighted by Crippen LogP contribution is 2.38. The van der Waals surface area contributed by atoms with E-state index in [0.29, 0.717) is 12.0 Å². The average Bonchev–Trinajstić information content (AvgIpc) is 2.86. The van der Waals surface area contributed by atoms with Crippen LogP contribution in [0.1, 0.15) is 76.6 Å². The van der Waals surface area contributed by atoms with Crippen LogP contribution in [0.2, 0.25) is 0 Å². The van der Waals surface area contributed by atoms with Gasteiger partial charge in [0.2, 0.25) is 0 Å². The fraction of sp³-hybridized carbons (Fsp3) is 0.581. The molecule has 6 nitrogen and oxygen atoms in total. The predicted molar refractivity (Wildman–Crippen MR) is 147 cm³/mol.